The van der Waals surface area contributed by atoms with Crippen LogP contribution in [0.3, 0.4) is 0 Å². The second kappa shape index (κ2) is 7.25. The van der Waals surface area contributed by atoms with E-state index in [1.54, 1.807) is 6.92 Å². The van der Waals surface area contributed by atoms with Crippen LogP contribution >= 0.6 is 0 Å². The number of benzene rings is 1. The zero-order valence-corrected chi connectivity index (χ0v) is 13.0. The molecule has 24 heavy (non-hydrogen) atoms. The fourth-order valence-electron chi connectivity index (χ4n) is 2.13. The van der Waals surface area contributed by atoms with E-state index in [-0.39, 0.29) is 29.4 Å². The summed E-state index contributed by atoms with van der Waals surface area (Å²) in [5, 5.41) is 0. The van der Waals surface area contributed by atoms with Crippen molar-refractivity contribution >= 4 is 12.0 Å². The van der Waals surface area contributed by atoms with Crippen molar-refractivity contribution in [3.05, 3.63) is 47.7 Å². The Kier molecular flexibility index (Phi) is 5.33. The molecule has 0 spiro atoms. The number of esters is 1. The first-order valence-electron chi connectivity index (χ1n) is 7.06. The third-order valence-electron chi connectivity index (χ3n) is 3.09. The van der Waals surface area contributed by atoms with Gasteiger partial charge in [0.15, 0.2) is 0 Å². The minimum Gasteiger partial charge on any atom is -0.496 e. The summed E-state index contributed by atoms with van der Waals surface area (Å²) < 4.78 is 54.9. The average Bonchev–Trinajstić information content (AvgIpc) is 3.00. The van der Waals surface area contributed by atoms with Crippen molar-refractivity contribution in [2.45, 2.75) is 13.1 Å². The summed E-state index contributed by atoms with van der Waals surface area (Å²) >= 11 is 0. The lowest BCUT2D eigenvalue weighted by atomic mass is 10.0. The van der Waals surface area contributed by atoms with Gasteiger partial charge in [-0.1, -0.05) is 12.1 Å². The van der Waals surface area contributed by atoms with Crippen molar-refractivity contribution in [2.75, 3.05) is 13.7 Å². The predicted octanol–water partition coefficient (Wildman–Crippen LogP) is 4.55. The normalized spacial score (nSPS) is 11.7. The molecule has 0 aliphatic rings. The highest BCUT2D eigenvalue weighted by atomic mass is 19.4. The Labute approximate surface area is 136 Å². The molecule has 0 unspecified atom stereocenters. The Morgan fingerprint density at radius 2 is 2.00 bits per heavy atom. The van der Waals surface area contributed by atoms with Crippen molar-refractivity contribution in [1.82, 2.24) is 0 Å². The van der Waals surface area contributed by atoms with E-state index in [1.165, 1.54) is 43.5 Å². The molecule has 2 rings (SSSR count). The Morgan fingerprint density at radius 1 is 1.25 bits per heavy atom. The summed E-state index contributed by atoms with van der Waals surface area (Å²) in [4.78, 5) is 11.2. The van der Waals surface area contributed by atoms with Crippen LogP contribution in [0, 0.1) is 0 Å². The number of rotatable bonds is 5. The number of halogens is 3. The van der Waals surface area contributed by atoms with Crippen LogP contribution in [-0.2, 0) is 15.7 Å². The van der Waals surface area contributed by atoms with E-state index in [4.69, 9.17) is 13.9 Å². The van der Waals surface area contributed by atoms with Crippen LogP contribution in [0.5, 0.6) is 5.75 Å². The van der Waals surface area contributed by atoms with Gasteiger partial charge in [-0.2, -0.15) is 13.2 Å². The zero-order chi connectivity index (χ0) is 17.7. The molecule has 0 saturated heterocycles. The molecule has 2 aromatic rings. The first kappa shape index (κ1) is 17.7. The lowest BCUT2D eigenvalue weighted by molar-refractivity contribution is -0.138. The van der Waals surface area contributed by atoms with E-state index < -0.39 is 17.7 Å². The first-order chi connectivity index (χ1) is 11.4. The van der Waals surface area contributed by atoms with Gasteiger partial charge in [0.05, 0.1) is 13.7 Å². The van der Waals surface area contributed by atoms with Gasteiger partial charge in [-0.15, -0.1) is 0 Å². The molecule has 0 amide bonds. The molecule has 4 nitrogen and oxygen atoms in total. The smallest absolute Gasteiger partial charge is 0.420 e. The van der Waals surface area contributed by atoms with Crippen molar-refractivity contribution < 1.29 is 31.9 Å². The zero-order valence-electron chi connectivity index (χ0n) is 13.0. The van der Waals surface area contributed by atoms with Gasteiger partial charge in [0.25, 0.3) is 0 Å². The van der Waals surface area contributed by atoms with E-state index >= 15 is 0 Å². The maximum absolute atomic E-state index is 13.3. The highest BCUT2D eigenvalue weighted by Crippen LogP contribution is 2.43. The van der Waals surface area contributed by atoms with Crippen LogP contribution in [0.1, 0.15) is 18.2 Å². The van der Waals surface area contributed by atoms with E-state index in [0.717, 1.165) is 6.08 Å². The van der Waals surface area contributed by atoms with Crippen LogP contribution < -0.4 is 4.74 Å². The van der Waals surface area contributed by atoms with Crippen LogP contribution in [0.4, 0.5) is 13.2 Å². The lowest BCUT2D eigenvalue weighted by Gasteiger charge is -2.15. The Hall–Kier alpha value is -2.70. The van der Waals surface area contributed by atoms with Gasteiger partial charge in [-0.05, 0) is 31.2 Å². The van der Waals surface area contributed by atoms with Crippen molar-refractivity contribution in [2.24, 2.45) is 0 Å². The van der Waals surface area contributed by atoms with Crippen LogP contribution in [0.15, 0.2) is 40.8 Å². The van der Waals surface area contributed by atoms with Crippen molar-refractivity contribution in [1.29, 1.82) is 0 Å². The molecule has 1 aromatic heterocycles. The minimum absolute atomic E-state index is 0.0183. The standard InChI is InChI=1S/C17H15F3O4/c1-3-23-15(21)10-8-11-7-9-13(24-11)12-5-4-6-14(22-2)16(12)17(18,19)20/h4-10H,3H2,1-2H3/b10-8+. The van der Waals surface area contributed by atoms with Gasteiger partial charge in [0, 0.05) is 11.6 Å². The highest BCUT2D eigenvalue weighted by Gasteiger charge is 2.38. The topological polar surface area (TPSA) is 48.7 Å². The number of ether oxygens (including phenoxy) is 2. The summed E-state index contributed by atoms with van der Waals surface area (Å²) in [6.07, 6.45) is -2.13. The maximum Gasteiger partial charge on any atom is 0.420 e. The molecule has 0 atom stereocenters. The van der Waals surface area contributed by atoms with Gasteiger partial charge < -0.3 is 13.9 Å². The van der Waals surface area contributed by atoms with E-state index in [0.29, 0.717) is 0 Å². The summed E-state index contributed by atoms with van der Waals surface area (Å²) in [6.45, 7) is 1.89. The number of carbonyl (C=O) groups is 1. The van der Waals surface area contributed by atoms with Gasteiger partial charge in [0.1, 0.15) is 22.8 Å². The summed E-state index contributed by atoms with van der Waals surface area (Å²) in [7, 11) is 1.17. The van der Waals surface area contributed by atoms with Crippen LogP contribution in [0.25, 0.3) is 17.4 Å². The van der Waals surface area contributed by atoms with Gasteiger partial charge in [-0.3, -0.25) is 0 Å². The molecule has 0 radical (unpaired) electrons. The summed E-state index contributed by atoms with van der Waals surface area (Å²) in [5.41, 5.74) is -1.06. The number of alkyl halides is 3. The third kappa shape index (κ3) is 3.98. The third-order valence-corrected chi connectivity index (χ3v) is 3.09. The van der Waals surface area contributed by atoms with Gasteiger partial charge in [-0.25, -0.2) is 4.79 Å². The van der Waals surface area contributed by atoms with Crippen LogP contribution in [-0.4, -0.2) is 19.7 Å². The fraction of sp³-hybridized carbons (Fsp3) is 0.235. The molecule has 0 aliphatic carbocycles. The second-order valence-electron chi connectivity index (χ2n) is 4.67. The van der Waals surface area contributed by atoms with Crippen molar-refractivity contribution in [3.63, 3.8) is 0 Å². The molecule has 0 N–H and O–H groups in total. The van der Waals surface area contributed by atoms with Crippen molar-refractivity contribution in [3.8, 4) is 17.1 Å². The number of furan rings is 1. The molecular weight excluding hydrogens is 325 g/mol. The quantitative estimate of drug-likeness (QED) is 0.592. The molecule has 1 aromatic carbocycles. The molecule has 0 bridgehead atoms. The SMILES string of the molecule is CCOC(=O)/C=C/c1ccc(-c2cccc(OC)c2C(F)(F)F)o1. The predicted molar refractivity (Wildman–Crippen MR) is 81.4 cm³/mol. The Morgan fingerprint density at radius 3 is 2.62 bits per heavy atom. The molecule has 1 heterocycles. The van der Waals surface area contributed by atoms with Crippen LogP contribution in [0.2, 0.25) is 0 Å². The second-order valence-corrected chi connectivity index (χ2v) is 4.67. The van der Waals surface area contributed by atoms with Gasteiger partial charge in [0.2, 0.25) is 0 Å². The Balaban J connectivity index is 2.39. The molecule has 7 heteroatoms. The lowest BCUT2D eigenvalue weighted by Crippen LogP contribution is -2.09. The van der Waals surface area contributed by atoms with Gasteiger partial charge >= 0.3 is 12.1 Å². The molecule has 128 valence electrons. The Bertz CT molecular complexity index is 745. The number of methoxy groups -OCH3 is 1. The molecule has 0 saturated carbocycles. The maximum atomic E-state index is 13.3. The average molecular weight is 340 g/mol. The molecule has 0 fully saturated rings. The monoisotopic (exact) mass is 340 g/mol. The summed E-state index contributed by atoms with van der Waals surface area (Å²) in [5.74, 6) is -0.605. The van der Waals surface area contributed by atoms with E-state index in [2.05, 4.69) is 0 Å². The van der Waals surface area contributed by atoms with E-state index in [1.807, 2.05) is 0 Å². The summed E-state index contributed by atoms with van der Waals surface area (Å²) in [6, 6.07) is 6.83. The molecular formula is C17H15F3O4. The number of hydrogen-bond donors (Lipinski definition) is 0. The largest absolute Gasteiger partial charge is 0.496 e. The fourth-order valence-corrected chi connectivity index (χ4v) is 2.13. The highest BCUT2D eigenvalue weighted by molar-refractivity contribution is 5.86. The number of hydrogen-bond acceptors (Lipinski definition) is 4. The molecule has 0 aliphatic heterocycles. The number of carbonyl (C=O) groups excluding carboxylic acids is 1. The minimum atomic E-state index is -4.60. The first-order valence-corrected chi connectivity index (χ1v) is 7.06. The van der Waals surface area contributed by atoms with E-state index in [9.17, 15) is 18.0 Å².